The van der Waals surface area contributed by atoms with Crippen LogP contribution in [0.25, 0.3) is 0 Å². The molecule has 0 saturated carbocycles. The Kier molecular flexibility index (Phi) is 9.71. The SMILES string of the molecule is CCc1ccccc1N(CC(=O)NCCSCc1ccc(Cl)c(Cl)c1)S(=O)(=O)c1ccccc1. The first-order chi connectivity index (χ1) is 16.3. The fourth-order valence-electron chi connectivity index (χ4n) is 3.34. The summed E-state index contributed by atoms with van der Waals surface area (Å²) in [6, 6.07) is 20.9. The molecule has 3 rings (SSSR count). The van der Waals surface area contributed by atoms with Gasteiger partial charge in [-0.2, -0.15) is 11.8 Å². The zero-order valence-corrected chi connectivity index (χ0v) is 21.9. The molecule has 0 bridgehead atoms. The zero-order valence-electron chi connectivity index (χ0n) is 18.7. The van der Waals surface area contributed by atoms with Gasteiger partial charge in [-0.15, -0.1) is 0 Å². The maximum atomic E-state index is 13.4. The minimum absolute atomic E-state index is 0.144. The highest BCUT2D eigenvalue weighted by molar-refractivity contribution is 7.98. The quantitative estimate of drug-likeness (QED) is 0.314. The minimum Gasteiger partial charge on any atom is -0.354 e. The number of carbonyl (C=O) groups is 1. The lowest BCUT2D eigenvalue weighted by molar-refractivity contribution is -0.119. The predicted octanol–water partition coefficient (Wildman–Crippen LogP) is 5.80. The molecule has 0 unspecified atom stereocenters. The van der Waals surface area contributed by atoms with Gasteiger partial charge in [0, 0.05) is 18.1 Å². The molecule has 34 heavy (non-hydrogen) atoms. The number of hydrogen-bond donors (Lipinski definition) is 1. The van der Waals surface area contributed by atoms with Crippen LogP contribution in [0.15, 0.2) is 77.7 Å². The van der Waals surface area contributed by atoms with E-state index in [0.717, 1.165) is 16.9 Å². The van der Waals surface area contributed by atoms with E-state index >= 15 is 0 Å². The van der Waals surface area contributed by atoms with E-state index in [9.17, 15) is 13.2 Å². The van der Waals surface area contributed by atoms with Gasteiger partial charge in [0.25, 0.3) is 10.0 Å². The third-order valence-corrected chi connectivity index (χ3v) is 8.62. The number of halogens is 2. The third kappa shape index (κ3) is 6.92. The Hall–Kier alpha value is -2.19. The Labute approximate surface area is 215 Å². The van der Waals surface area contributed by atoms with Crippen molar-refractivity contribution < 1.29 is 13.2 Å². The second kappa shape index (κ2) is 12.5. The lowest BCUT2D eigenvalue weighted by atomic mass is 10.1. The van der Waals surface area contributed by atoms with Crippen molar-refractivity contribution in [1.82, 2.24) is 5.32 Å². The standard InChI is InChI=1S/C25H26Cl2N2O3S2/c1-2-20-8-6-7-11-24(20)29(34(31,32)21-9-4-3-5-10-21)17-25(30)28-14-15-33-18-19-12-13-22(26)23(27)16-19/h3-13,16H,2,14-15,17-18H2,1H3,(H,28,30). The number of sulfonamides is 1. The molecule has 0 radical (unpaired) electrons. The van der Waals surface area contributed by atoms with Gasteiger partial charge in [-0.05, 0) is 47.9 Å². The number of benzene rings is 3. The maximum Gasteiger partial charge on any atom is 0.264 e. The molecule has 180 valence electrons. The summed E-state index contributed by atoms with van der Waals surface area (Å²) < 4.78 is 28.1. The van der Waals surface area contributed by atoms with Crippen molar-refractivity contribution in [3.63, 3.8) is 0 Å². The van der Waals surface area contributed by atoms with Gasteiger partial charge < -0.3 is 5.32 Å². The van der Waals surface area contributed by atoms with Crippen molar-refractivity contribution in [1.29, 1.82) is 0 Å². The normalized spacial score (nSPS) is 11.3. The number of rotatable bonds is 11. The Balaban J connectivity index is 1.65. The highest BCUT2D eigenvalue weighted by atomic mass is 35.5. The van der Waals surface area contributed by atoms with Gasteiger partial charge in [-0.25, -0.2) is 8.42 Å². The third-order valence-electron chi connectivity index (χ3n) is 5.08. The van der Waals surface area contributed by atoms with Crippen LogP contribution < -0.4 is 9.62 Å². The van der Waals surface area contributed by atoms with E-state index in [1.807, 2.05) is 31.2 Å². The number of anilines is 1. The number of nitrogens with one attached hydrogen (secondary N) is 1. The lowest BCUT2D eigenvalue weighted by Crippen LogP contribution is -2.41. The summed E-state index contributed by atoms with van der Waals surface area (Å²) in [6.07, 6.45) is 0.643. The van der Waals surface area contributed by atoms with Gasteiger partial charge in [0.15, 0.2) is 0 Å². The van der Waals surface area contributed by atoms with E-state index in [0.29, 0.717) is 34.5 Å². The first kappa shape index (κ1) is 26.4. The Morgan fingerprint density at radius 1 is 0.971 bits per heavy atom. The summed E-state index contributed by atoms with van der Waals surface area (Å²) >= 11 is 13.6. The first-order valence-electron chi connectivity index (χ1n) is 10.8. The minimum atomic E-state index is -3.92. The van der Waals surface area contributed by atoms with E-state index < -0.39 is 10.0 Å². The summed E-state index contributed by atoms with van der Waals surface area (Å²) in [7, 11) is -3.92. The molecule has 0 aromatic heterocycles. The smallest absolute Gasteiger partial charge is 0.264 e. The highest BCUT2D eigenvalue weighted by Gasteiger charge is 2.28. The van der Waals surface area contributed by atoms with E-state index in [1.165, 1.54) is 16.4 Å². The number of carbonyl (C=O) groups excluding carboxylic acids is 1. The largest absolute Gasteiger partial charge is 0.354 e. The average Bonchev–Trinajstić information content (AvgIpc) is 2.85. The maximum absolute atomic E-state index is 13.4. The highest BCUT2D eigenvalue weighted by Crippen LogP contribution is 2.27. The van der Waals surface area contributed by atoms with Gasteiger partial charge in [0.05, 0.1) is 20.6 Å². The molecule has 3 aromatic rings. The molecule has 0 aliphatic rings. The van der Waals surface area contributed by atoms with Crippen LogP contribution in [0, 0.1) is 0 Å². The molecule has 0 aliphatic carbocycles. The first-order valence-corrected chi connectivity index (χ1v) is 14.1. The van der Waals surface area contributed by atoms with Crippen molar-refractivity contribution in [3.8, 4) is 0 Å². The topological polar surface area (TPSA) is 66.5 Å². The number of aryl methyl sites for hydroxylation is 1. The molecular weight excluding hydrogens is 511 g/mol. The Morgan fingerprint density at radius 3 is 2.38 bits per heavy atom. The Bertz CT molecular complexity index is 1220. The van der Waals surface area contributed by atoms with Crippen LogP contribution >= 0.6 is 35.0 Å². The second-order valence-corrected chi connectivity index (χ2v) is 11.2. The van der Waals surface area contributed by atoms with Crippen LogP contribution in [0.4, 0.5) is 5.69 Å². The molecular formula is C25H26Cl2N2O3S2. The van der Waals surface area contributed by atoms with Crippen LogP contribution in [0.3, 0.4) is 0 Å². The monoisotopic (exact) mass is 536 g/mol. The van der Waals surface area contributed by atoms with E-state index in [4.69, 9.17) is 23.2 Å². The molecule has 0 spiro atoms. The predicted molar refractivity (Wildman–Crippen MR) is 142 cm³/mol. The fraction of sp³-hybridized carbons (Fsp3) is 0.240. The van der Waals surface area contributed by atoms with Gasteiger partial charge in [-0.1, -0.05) is 72.6 Å². The van der Waals surface area contributed by atoms with Gasteiger partial charge >= 0.3 is 0 Å². The summed E-state index contributed by atoms with van der Waals surface area (Å²) in [5.74, 6) is 1.04. The van der Waals surface area contributed by atoms with Crippen molar-refractivity contribution in [2.75, 3.05) is 23.1 Å². The van der Waals surface area contributed by atoms with Crippen LogP contribution in [0.5, 0.6) is 0 Å². The summed E-state index contributed by atoms with van der Waals surface area (Å²) in [5.41, 5.74) is 2.41. The molecule has 9 heteroatoms. The van der Waals surface area contributed by atoms with Gasteiger partial charge in [-0.3, -0.25) is 9.10 Å². The molecule has 1 amide bonds. The number of thioether (sulfide) groups is 1. The molecule has 0 atom stereocenters. The van der Waals surface area contributed by atoms with Crippen LogP contribution in [0.2, 0.25) is 10.0 Å². The second-order valence-electron chi connectivity index (χ2n) is 7.46. The van der Waals surface area contributed by atoms with Crippen molar-refractivity contribution in [2.45, 2.75) is 24.0 Å². The van der Waals surface area contributed by atoms with Crippen molar-refractivity contribution in [3.05, 3.63) is 94.0 Å². The molecule has 0 saturated heterocycles. The summed E-state index contributed by atoms with van der Waals surface area (Å²) in [5, 5.41) is 3.87. The van der Waals surface area contributed by atoms with Crippen LogP contribution in [-0.4, -0.2) is 33.2 Å². The van der Waals surface area contributed by atoms with Crippen LogP contribution in [0.1, 0.15) is 18.1 Å². The molecule has 0 heterocycles. The lowest BCUT2D eigenvalue weighted by Gasteiger charge is -2.26. The van der Waals surface area contributed by atoms with Gasteiger partial charge in [0.1, 0.15) is 6.54 Å². The van der Waals surface area contributed by atoms with E-state index in [1.54, 1.807) is 48.2 Å². The summed E-state index contributed by atoms with van der Waals surface area (Å²) in [6.45, 7) is 2.07. The van der Waals surface area contributed by atoms with Crippen molar-refractivity contribution >= 4 is 56.6 Å². The van der Waals surface area contributed by atoms with Crippen LogP contribution in [-0.2, 0) is 27.0 Å². The average molecular weight is 538 g/mol. The van der Waals surface area contributed by atoms with E-state index in [2.05, 4.69) is 5.32 Å². The molecule has 5 nitrogen and oxygen atoms in total. The number of amides is 1. The molecule has 0 fully saturated rings. The number of nitrogens with zero attached hydrogens (tertiary/aromatic N) is 1. The van der Waals surface area contributed by atoms with Gasteiger partial charge in [0.2, 0.25) is 5.91 Å². The zero-order chi connectivity index (χ0) is 24.6. The molecule has 0 aliphatic heterocycles. The molecule has 3 aromatic carbocycles. The van der Waals surface area contributed by atoms with Crippen molar-refractivity contribution in [2.24, 2.45) is 0 Å². The summed E-state index contributed by atoms with van der Waals surface area (Å²) in [4.78, 5) is 12.9. The molecule has 1 N–H and O–H groups in total. The number of para-hydroxylation sites is 1. The van der Waals surface area contributed by atoms with E-state index in [-0.39, 0.29) is 17.3 Å². The fourth-order valence-corrected chi connectivity index (χ4v) is 5.95. The number of hydrogen-bond acceptors (Lipinski definition) is 4. The Morgan fingerprint density at radius 2 is 1.68 bits per heavy atom.